The fourth-order valence-electron chi connectivity index (χ4n) is 2.84. The molecule has 0 aliphatic rings. The third-order valence-corrected chi connectivity index (χ3v) is 5.30. The Bertz CT molecular complexity index is 1150. The fraction of sp³-hybridized carbons (Fsp3) is 0.200. The maximum absolute atomic E-state index is 13.7. The number of alkyl halides is 2. The summed E-state index contributed by atoms with van der Waals surface area (Å²) in [5, 5.41) is 3.25. The van der Waals surface area contributed by atoms with Gasteiger partial charge in [-0.15, -0.1) is 0 Å². The topological polar surface area (TPSA) is 65.4 Å². The van der Waals surface area contributed by atoms with Gasteiger partial charge in [0.15, 0.2) is 0 Å². The standard InChI is InChI=1S/C20H16ClF3IN3O3/c1-10-3-15(14(25)7-16(10)31-19(23)24)26-20-27-18(29)17(30-2)9-28(20)8-11-4-12(21)6-13(22)5-11/h3-7,9,19H,8H2,1-2H3,(H,26,27,29). The summed E-state index contributed by atoms with van der Waals surface area (Å²) in [5.74, 6) is -0.317. The van der Waals surface area contributed by atoms with Crippen molar-refractivity contribution in [1.82, 2.24) is 9.55 Å². The predicted molar refractivity (Wildman–Crippen MR) is 119 cm³/mol. The van der Waals surface area contributed by atoms with Crippen LogP contribution in [-0.2, 0) is 6.54 Å². The third-order valence-electron chi connectivity index (χ3n) is 4.19. The Morgan fingerprint density at radius 2 is 1.97 bits per heavy atom. The first-order valence-corrected chi connectivity index (χ1v) is 10.2. The molecule has 0 aliphatic heterocycles. The van der Waals surface area contributed by atoms with E-state index in [2.05, 4.69) is 15.0 Å². The van der Waals surface area contributed by atoms with Crippen LogP contribution in [0.2, 0.25) is 5.02 Å². The first-order valence-electron chi connectivity index (χ1n) is 8.78. The van der Waals surface area contributed by atoms with E-state index in [0.717, 1.165) is 0 Å². The largest absolute Gasteiger partial charge is 0.490 e. The Morgan fingerprint density at radius 1 is 1.23 bits per heavy atom. The van der Waals surface area contributed by atoms with Gasteiger partial charge in [-0.25, -0.2) is 4.39 Å². The molecular formula is C20H16ClF3IN3O3. The van der Waals surface area contributed by atoms with E-state index in [0.29, 0.717) is 20.4 Å². The molecule has 3 rings (SSSR count). The van der Waals surface area contributed by atoms with Gasteiger partial charge in [-0.3, -0.25) is 4.79 Å². The van der Waals surface area contributed by atoms with Crippen LogP contribution < -0.4 is 20.3 Å². The Morgan fingerprint density at radius 3 is 2.61 bits per heavy atom. The number of rotatable bonds is 7. The van der Waals surface area contributed by atoms with Crippen LogP contribution in [0, 0.1) is 16.3 Å². The molecule has 0 saturated carbocycles. The number of aryl methyl sites for hydroxylation is 1. The molecule has 31 heavy (non-hydrogen) atoms. The van der Waals surface area contributed by atoms with Crippen molar-refractivity contribution < 1.29 is 22.6 Å². The van der Waals surface area contributed by atoms with Gasteiger partial charge in [0.2, 0.25) is 11.7 Å². The zero-order valence-corrected chi connectivity index (χ0v) is 19.2. The number of halogens is 5. The van der Waals surface area contributed by atoms with Crippen molar-refractivity contribution in [2.24, 2.45) is 0 Å². The normalized spacial score (nSPS) is 11.0. The monoisotopic (exact) mass is 565 g/mol. The number of anilines is 2. The van der Waals surface area contributed by atoms with Gasteiger partial charge in [-0.1, -0.05) is 11.6 Å². The lowest BCUT2D eigenvalue weighted by atomic mass is 10.2. The summed E-state index contributed by atoms with van der Waals surface area (Å²) in [7, 11) is 1.34. The first-order chi connectivity index (χ1) is 14.7. The summed E-state index contributed by atoms with van der Waals surface area (Å²) in [6, 6.07) is 7.12. The first kappa shape index (κ1) is 23.2. The zero-order chi connectivity index (χ0) is 22.7. The van der Waals surface area contributed by atoms with Crippen LogP contribution in [-0.4, -0.2) is 23.3 Å². The minimum absolute atomic E-state index is 0.000362. The van der Waals surface area contributed by atoms with Crippen LogP contribution >= 0.6 is 34.2 Å². The Hall–Kier alpha value is -2.47. The smallest absolute Gasteiger partial charge is 0.387 e. The van der Waals surface area contributed by atoms with E-state index in [4.69, 9.17) is 16.3 Å². The van der Waals surface area contributed by atoms with E-state index < -0.39 is 18.0 Å². The molecule has 3 aromatic rings. The van der Waals surface area contributed by atoms with Crippen LogP contribution in [0.15, 0.2) is 41.3 Å². The number of ether oxygens (including phenoxy) is 2. The van der Waals surface area contributed by atoms with Gasteiger partial charge in [0.05, 0.1) is 25.5 Å². The SMILES string of the molecule is COc1cn(Cc2cc(F)cc(Cl)c2)c(Nc2cc(C)c(OC(F)F)cc2I)nc1=O. The Labute approximate surface area is 194 Å². The van der Waals surface area contributed by atoms with E-state index in [-0.39, 0.29) is 29.0 Å². The van der Waals surface area contributed by atoms with Crippen molar-refractivity contribution in [3.63, 3.8) is 0 Å². The highest BCUT2D eigenvalue weighted by Gasteiger charge is 2.15. The van der Waals surface area contributed by atoms with Crippen molar-refractivity contribution in [2.75, 3.05) is 12.4 Å². The lowest BCUT2D eigenvalue weighted by Crippen LogP contribution is -2.19. The molecule has 0 fully saturated rings. The molecule has 0 aliphatic carbocycles. The van der Waals surface area contributed by atoms with E-state index in [9.17, 15) is 18.0 Å². The van der Waals surface area contributed by atoms with Gasteiger partial charge in [-0.05, 0) is 71.0 Å². The van der Waals surface area contributed by atoms with Crippen molar-refractivity contribution in [1.29, 1.82) is 0 Å². The number of benzene rings is 2. The molecule has 164 valence electrons. The minimum Gasteiger partial charge on any atom is -0.490 e. The maximum Gasteiger partial charge on any atom is 0.387 e. The van der Waals surface area contributed by atoms with E-state index in [1.807, 2.05) is 22.6 Å². The molecule has 0 saturated heterocycles. The Kier molecular flexibility index (Phi) is 7.31. The van der Waals surface area contributed by atoms with Crippen molar-refractivity contribution in [3.8, 4) is 11.5 Å². The van der Waals surface area contributed by atoms with Crippen molar-refractivity contribution in [3.05, 3.63) is 72.4 Å². The molecule has 1 aromatic heterocycles. The average molecular weight is 566 g/mol. The van der Waals surface area contributed by atoms with E-state index in [1.165, 1.54) is 31.5 Å². The molecule has 6 nitrogen and oxygen atoms in total. The van der Waals surface area contributed by atoms with Crippen molar-refractivity contribution in [2.45, 2.75) is 20.1 Å². The summed E-state index contributed by atoms with van der Waals surface area (Å²) in [5.41, 5.74) is 0.903. The van der Waals surface area contributed by atoms with Gasteiger partial charge in [0, 0.05) is 8.59 Å². The van der Waals surface area contributed by atoms with Crippen molar-refractivity contribution >= 4 is 45.8 Å². The molecule has 0 unspecified atom stereocenters. The van der Waals surface area contributed by atoms with Gasteiger partial charge >= 0.3 is 12.2 Å². The molecule has 1 heterocycles. The van der Waals surface area contributed by atoms with Crippen LogP contribution in [0.1, 0.15) is 11.1 Å². The van der Waals surface area contributed by atoms with Gasteiger partial charge in [0.25, 0.3) is 0 Å². The fourth-order valence-corrected chi connectivity index (χ4v) is 3.65. The second kappa shape index (κ2) is 9.77. The van der Waals surface area contributed by atoms with E-state index in [1.54, 1.807) is 23.6 Å². The van der Waals surface area contributed by atoms with Crippen LogP contribution in [0.4, 0.5) is 24.8 Å². The van der Waals surface area contributed by atoms with Gasteiger partial charge in [0.1, 0.15) is 11.6 Å². The second-order valence-electron chi connectivity index (χ2n) is 6.44. The average Bonchev–Trinajstić information content (AvgIpc) is 2.66. The lowest BCUT2D eigenvalue weighted by Gasteiger charge is -2.17. The molecule has 2 aromatic carbocycles. The molecule has 1 N–H and O–H groups in total. The highest BCUT2D eigenvalue weighted by Crippen LogP contribution is 2.31. The molecular weight excluding hydrogens is 550 g/mol. The number of hydrogen-bond acceptors (Lipinski definition) is 5. The molecule has 0 bridgehead atoms. The Balaban J connectivity index is 2.01. The van der Waals surface area contributed by atoms with Crippen LogP contribution in [0.3, 0.4) is 0 Å². The summed E-state index contributed by atoms with van der Waals surface area (Å²) >= 11 is 7.89. The summed E-state index contributed by atoms with van der Waals surface area (Å²) in [6.45, 7) is -1.20. The molecule has 0 spiro atoms. The second-order valence-corrected chi connectivity index (χ2v) is 8.04. The van der Waals surface area contributed by atoms with Gasteiger partial charge < -0.3 is 19.4 Å². The summed E-state index contributed by atoms with van der Waals surface area (Å²) in [6.07, 6.45) is 1.43. The number of aromatic nitrogens is 2. The summed E-state index contributed by atoms with van der Waals surface area (Å²) < 4.78 is 50.6. The third kappa shape index (κ3) is 5.82. The number of hydrogen-bond donors (Lipinski definition) is 1. The number of nitrogens with zero attached hydrogens (tertiary/aromatic N) is 2. The van der Waals surface area contributed by atoms with E-state index >= 15 is 0 Å². The maximum atomic E-state index is 13.7. The highest BCUT2D eigenvalue weighted by molar-refractivity contribution is 14.1. The molecule has 0 amide bonds. The quantitative estimate of drug-likeness (QED) is 0.392. The highest BCUT2D eigenvalue weighted by atomic mass is 127. The minimum atomic E-state index is -2.94. The predicted octanol–water partition coefficient (Wildman–Crippen LogP) is 5.35. The van der Waals surface area contributed by atoms with Crippen LogP contribution in [0.25, 0.3) is 0 Å². The van der Waals surface area contributed by atoms with Gasteiger partial charge in [-0.2, -0.15) is 13.8 Å². The zero-order valence-electron chi connectivity index (χ0n) is 16.3. The number of nitrogens with one attached hydrogen (secondary N) is 1. The molecule has 11 heteroatoms. The number of methoxy groups -OCH3 is 1. The van der Waals surface area contributed by atoms with Crippen LogP contribution in [0.5, 0.6) is 11.5 Å². The summed E-state index contributed by atoms with van der Waals surface area (Å²) in [4.78, 5) is 16.2. The lowest BCUT2D eigenvalue weighted by molar-refractivity contribution is -0.0503. The molecule has 0 atom stereocenters. The molecule has 0 radical (unpaired) electrons.